The van der Waals surface area contributed by atoms with Gasteiger partial charge in [0, 0.05) is 33.2 Å². The van der Waals surface area contributed by atoms with Gasteiger partial charge in [-0.2, -0.15) is 22.7 Å². The summed E-state index contributed by atoms with van der Waals surface area (Å²) in [5.74, 6) is -0.493. The molecule has 3 amide bonds. The molecule has 0 radical (unpaired) electrons. The summed E-state index contributed by atoms with van der Waals surface area (Å²) >= 11 is 6.11. The summed E-state index contributed by atoms with van der Waals surface area (Å²) in [4.78, 5) is 62.4. The zero-order chi connectivity index (χ0) is 37.2. The number of anilines is 2. The molecule has 2 aromatic heterocycles. The third-order valence-electron chi connectivity index (χ3n) is 8.31. The van der Waals surface area contributed by atoms with E-state index in [1.54, 1.807) is 30.2 Å². The van der Waals surface area contributed by atoms with Gasteiger partial charge in [0.05, 0.1) is 35.2 Å². The Morgan fingerprint density at radius 3 is 2.41 bits per heavy atom. The number of likely N-dealkylation sites (N-methyl/N-ethyl adjacent to an activating group) is 1. The summed E-state index contributed by atoms with van der Waals surface area (Å²) in [6.07, 6.45) is -2.59. The van der Waals surface area contributed by atoms with Crippen LogP contribution in [0.5, 0.6) is 0 Å². The molecule has 14 nitrogen and oxygen atoms in total. The molecule has 0 atom stereocenters. The number of hydrogen-bond acceptors (Lipinski definition) is 9. The molecule has 4 heterocycles. The first-order chi connectivity index (χ1) is 24.0. The Bertz CT molecular complexity index is 1910. The number of ether oxygens (including phenoxy) is 2. The Morgan fingerprint density at radius 1 is 1.12 bits per heavy atom. The molecular formula is C33H40ClF3N8O6. The van der Waals surface area contributed by atoms with E-state index >= 15 is 0 Å². The van der Waals surface area contributed by atoms with Gasteiger partial charge in [0.2, 0.25) is 17.6 Å². The monoisotopic (exact) mass is 736 g/mol. The van der Waals surface area contributed by atoms with E-state index < -0.39 is 34.9 Å². The number of rotatable bonds is 8. The van der Waals surface area contributed by atoms with Crippen molar-refractivity contribution in [2.45, 2.75) is 58.9 Å². The van der Waals surface area contributed by atoms with Crippen molar-refractivity contribution in [2.75, 3.05) is 63.2 Å². The number of nitrogens with one attached hydrogen (secondary N) is 1. The van der Waals surface area contributed by atoms with Crippen molar-refractivity contribution in [3.63, 3.8) is 0 Å². The number of carbonyl (C=O) groups is 3. The Hall–Kier alpha value is -4.64. The highest BCUT2D eigenvalue weighted by atomic mass is 35.5. The van der Waals surface area contributed by atoms with Gasteiger partial charge in [0.1, 0.15) is 24.4 Å². The third kappa shape index (κ3) is 8.64. The maximum absolute atomic E-state index is 14.2. The first-order valence-electron chi connectivity index (χ1n) is 16.4. The summed E-state index contributed by atoms with van der Waals surface area (Å²) in [7, 11) is 1.48. The van der Waals surface area contributed by atoms with Crippen LogP contribution in [0.15, 0.2) is 29.1 Å². The Balaban J connectivity index is 1.44. The topological polar surface area (TPSA) is 144 Å². The van der Waals surface area contributed by atoms with Gasteiger partial charge in [-0.15, -0.1) is 5.10 Å². The zero-order valence-electron chi connectivity index (χ0n) is 29.0. The lowest BCUT2D eigenvalue weighted by molar-refractivity contribution is -0.137. The molecule has 5 rings (SSSR count). The van der Waals surface area contributed by atoms with E-state index in [1.165, 1.54) is 11.9 Å². The van der Waals surface area contributed by atoms with Crippen molar-refractivity contribution in [3.05, 3.63) is 56.7 Å². The minimum atomic E-state index is -4.61. The molecule has 2 aliphatic heterocycles. The maximum Gasteiger partial charge on any atom is 0.416 e. The summed E-state index contributed by atoms with van der Waals surface area (Å²) in [5.41, 5.74) is -0.613. The molecule has 0 aliphatic carbocycles. The van der Waals surface area contributed by atoms with Gasteiger partial charge >= 0.3 is 12.3 Å². The standard InChI is InChI=1S/C33H40ClF3N8O6/c1-6-24-27(43-13-11-42(12-14-43)26(47)19-41(5)31(49)51-32(2,3)4)29(48)45-30(39-28(40-45)20-9-15-50-16-10-20)44(24)18-25(46)38-23-8-7-21(17-22(23)34)33(35,36)37/h7-9,17H,6,10-16,18-19H2,1-5H3,(H,38,46). The van der Waals surface area contributed by atoms with Crippen LogP contribution in [0, 0.1) is 0 Å². The van der Waals surface area contributed by atoms with Gasteiger partial charge in [0.15, 0.2) is 5.82 Å². The number of hydrogen-bond donors (Lipinski definition) is 1. The number of piperazine rings is 1. The number of fused-ring (bicyclic) bond motifs is 1. The highest BCUT2D eigenvalue weighted by Gasteiger charge is 2.32. The summed E-state index contributed by atoms with van der Waals surface area (Å²) in [6.45, 7) is 8.33. The zero-order valence-corrected chi connectivity index (χ0v) is 29.7. The summed E-state index contributed by atoms with van der Waals surface area (Å²) in [6, 6.07) is 2.63. The molecule has 0 saturated carbocycles. The van der Waals surface area contributed by atoms with Crippen molar-refractivity contribution >= 4 is 52.2 Å². The molecular weight excluding hydrogens is 697 g/mol. The lowest BCUT2D eigenvalue weighted by atomic mass is 10.1. The average Bonchev–Trinajstić information content (AvgIpc) is 3.52. The highest BCUT2D eigenvalue weighted by Crippen LogP contribution is 2.34. The minimum absolute atomic E-state index is 0.0161. The van der Waals surface area contributed by atoms with Crippen molar-refractivity contribution in [1.82, 2.24) is 29.0 Å². The molecule has 0 bridgehead atoms. The van der Waals surface area contributed by atoms with Crippen LogP contribution in [0.1, 0.15) is 51.2 Å². The van der Waals surface area contributed by atoms with Crippen molar-refractivity contribution < 1.29 is 37.0 Å². The van der Waals surface area contributed by atoms with E-state index in [0.717, 1.165) is 28.3 Å². The number of alkyl halides is 3. The van der Waals surface area contributed by atoms with Crippen LogP contribution >= 0.6 is 11.6 Å². The van der Waals surface area contributed by atoms with Crippen LogP contribution in [-0.4, -0.2) is 105 Å². The predicted molar refractivity (Wildman–Crippen MR) is 183 cm³/mol. The second kappa shape index (κ2) is 14.9. The van der Waals surface area contributed by atoms with Crippen molar-refractivity contribution in [1.29, 1.82) is 0 Å². The molecule has 1 saturated heterocycles. The number of nitrogens with zero attached hydrogens (tertiary/aromatic N) is 7. The quantitative estimate of drug-likeness (QED) is 0.362. The molecule has 3 aromatic rings. The lowest BCUT2D eigenvalue weighted by Gasteiger charge is -2.37. The van der Waals surface area contributed by atoms with E-state index in [1.807, 2.05) is 17.9 Å². The van der Waals surface area contributed by atoms with E-state index in [0.29, 0.717) is 37.6 Å². The van der Waals surface area contributed by atoms with E-state index in [2.05, 4.69) is 15.4 Å². The molecule has 276 valence electrons. The SMILES string of the molecule is CCc1c(N2CCN(C(=O)CN(C)C(=O)OC(C)(C)C)CC2)c(=O)n2nc(C3=CCOCC3)nc2n1CC(=O)Nc1ccc(C(F)(F)F)cc1Cl. The van der Waals surface area contributed by atoms with Crippen LogP contribution < -0.4 is 15.8 Å². The molecule has 51 heavy (non-hydrogen) atoms. The fraction of sp³-hybridized carbons (Fsp3) is 0.515. The van der Waals surface area contributed by atoms with Crippen LogP contribution in [0.25, 0.3) is 11.4 Å². The molecule has 0 spiro atoms. The first kappa shape index (κ1) is 37.6. The third-order valence-corrected chi connectivity index (χ3v) is 8.62. The van der Waals surface area contributed by atoms with Crippen LogP contribution in [0.3, 0.4) is 0 Å². The van der Waals surface area contributed by atoms with Crippen LogP contribution in [0.2, 0.25) is 5.02 Å². The second-order valence-corrected chi connectivity index (χ2v) is 13.6. The maximum atomic E-state index is 14.2. The smallest absolute Gasteiger partial charge is 0.416 e. The normalized spacial score (nSPS) is 15.5. The number of amides is 3. The van der Waals surface area contributed by atoms with E-state index in [4.69, 9.17) is 21.1 Å². The fourth-order valence-corrected chi connectivity index (χ4v) is 6.04. The van der Waals surface area contributed by atoms with Gasteiger partial charge in [-0.05, 0) is 57.4 Å². The number of halogens is 4. The molecule has 1 N–H and O–H groups in total. The van der Waals surface area contributed by atoms with Gasteiger partial charge in [-0.1, -0.05) is 24.6 Å². The van der Waals surface area contributed by atoms with E-state index in [9.17, 15) is 32.3 Å². The van der Waals surface area contributed by atoms with Crippen molar-refractivity contribution in [2.24, 2.45) is 0 Å². The second-order valence-electron chi connectivity index (χ2n) is 13.2. The minimum Gasteiger partial charge on any atom is -0.444 e. The van der Waals surface area contributed by atoms with Gasteiger partial charge in [0.25, 0.3) is 5.56 Å². The molecule has 2 aliphatic rings. The summed E-state index contributed by atoms with van der Waals surface area (Å²) in [5, 5.41) is 6.81. The number of carbonyl (C=O) groups excluding carboxylic acids is 3. The molecule has 18 heteroatoms. The fourth-order valence-electron chi connectivity index (χ4n) is 5.81. The highest BCUT2D eigenvalue weighted by molar-refractivity contribution is 6.33. The first-order valence-corrected chi connectivity index (χ1v) is 16.8. The largest absolute Gasteiger partial charge is 0.444 e. The molecule has 1 fully saturated rings. The molecule has 1 aromatic carbocycles. The average molecular weight is 737 g/mol. The van der Waals surface area contributed by atoms with Gasteiger partial charge < -0.3 is 34.1 Å². The van der Waals surface area contributed by atoms with Crippen LogP contribution in [0.4, 0.5) is 29.3 Å². The summed E-state index contributed by atoms with van der Waals surface area (Å²) < 4.78 is 53.0. The van der Waals surface area contributed by atoms with Gasteiger partial charge in [-0.25, -0.2) is 4.79 Å². The Kier molecular flexibility index (Phi) is 11.0. The number of benzene rings is 1. The number of aromatic nitrogens is 4. The van der Waals surface area contributed by atoms with Crippen molar-refractivity contribution in [3.8, 4) is 0 Å². The Labute approximate surface area is 296 Å². The van der Waals surface area contributed by atoms with E-state index in [-0.39, 0.29) is 67.4 Å². The van der Waals surface area contributed by atoms with Crippen LogP contribution in [-0.2, 0) is 38.2 Å². The lowest BCUT2D eigenvalue weighted by Crippen LogP contribution is -2.53. The Morgan fingerprint density at radius 2 is 1.82 bits per heavy atom. The van der Waals surface area contributed by atoms with Gasteiger partial charge in [-0.3, -0.25) is 14.4 Å². The predicted octanol–water partition coefficient (Wildman–Crippen LogP) is 4.08. The molecule has 0 unspecified atom stereocenters.